The molecule has 106 valence electrons. The number of aldehydes is 1. The third-order valence-electron chi connectivity index (χ3n) is 3.89. The molecule has 0 amide bonds. The van der Waals surface area contributed by atoms with E-state index >= 15 is 0 Å². The standard InChI is InChI=1S/C14H24N4O/c1-11-13(10-19)14(17(4)15-11)18-7-5-12(6-8-18)9-16(2)3/h10,12H,5-9H2,1-4H3. The van der Waals surface area contributed by atoms with Crippen molar-refractivity contribution >= 4 is 12.1 Å². The number of carbonyl (C=O) groups is 1. The molecule has 0 N–H and O–H groups in total. The Labute approximate surface area is 115 Å². The van der Waals surface area contributed by atoms with E-state index in [1.165, 1.54) is 12.8 Å². The van der Waals surface area contributed by atoms with E-state index in [-0.39, 0.29) is 0 Å². The zero-order valence-corrected chi connectivity index (χ0v) is 12.4. The van der Waals surface area contributed by atoms with Gasteiger partial charge >= 0.3 is 0 Å². The Bertz CT molecular complexity index is 445. The molecule has 0 saturated carbocycles. The smallest absolute Gasteiger partial charge is 0.155 e. The third-order valence-corrected chi connectivity index (χ3v) is 3.89. The lowest BCUT2D eigenvalue weighted by atomic mass is 9.96. The van der Waals surface area contributed by atoms with Crippen molar-refractivity contribution in [3.8, 4) is 0 Å². The van der Waals surface area contributed by atoms with Crippen molar-refractivity contribution in [2.75, 3.05) is 38.6 Å². The maximum Gasteiger partial charge on any atom is 0.155 e. The summed E-state index contributed by atoms with van der Waals surface area (Å²) in [5.41, 5.74) is 1.57. The first-order chi connectivity index (χ1) is 9.02. The summed E-state index contributed by atoms with van der Waals surface area (Å²) in [6.45, 7) is 5.07. The normalized spacial score (nSPS) is 17.2. The highest BCUT2D eigenvalue weighted by Gasteiger charge is 2.24. The Hall–Kier alpha value is -1.36. The number of anilines is 1. The number of aromatic nitrogens is 2. The molecule has 0 bridgehead atoms. The van der Waals surface area contributed by atoms with Crippen molar-refractivity contribution in [1.29, 1.82) is 0 Å². The lowest BCUT2D eigenvalue weighted by Gasteiger charge is -2.34. The first kappa shape index (κ1) is 14.1. The fraction of sp³-hybridized carbons (Fsp3) is 0.714. The second kappa shape index (κ2) is 5.74. The van der Waals surface area contributed by atoms with Gasteiger partial charge in [-0.25, -0.2) is 0 Å². The van der Waals surface area contributed by atoms with Gasteiger partial charge in [-0.05, 0) is 39.8 Å². The number of hydrogen-bond donors (Lipinski definition) is 0. The van der Waals surface area contributed by atoms with Crippen LogP contribution in [0.5, 0.6) is 0 Å². The molecule has 0 aromatic carbocycles. The summed E-state index contributed by atoms with van der Waals surface area (Å²) in [6.07, 6.45) is 3.30. The number of piperidine rings is 1. The number of rotatable bonds is 4. The van der Waals surface area contributed by atoms with Crippen molar-refractivity contribution < 1.29 is 4.79 Å². The average Bonchev–Trinajstić information content (AvgIpc) is 2.64. The van der Waals surface area contributed by atoms with Crippen molar-refractivity contribution in [2.45, 2.75) is 19.8 Å². The lowest BCUT2D eigenvalue weighted by Crippen LogP contribution is -2.38. The first-order valence-corrected chi connectivity index (χ1v) is 6.91. The minimum Gasteiger partial charge on any atom is -0.356 e. The molecule has 0 radical (unpaired) electrons. The number of hydrogen-bond acceptors (Lipinski definition) is 4. The van der Waals surface area contributed by atoms with Crippen molar-refractivity contribution in [1.82, 2.24) is 14.7 Å². The zero-order chi connectivity index (χ0) is 14.0. The lowest BCUT2D eigenvalue weighted by molar-refractivity contribution is 0.112. The van der Waals surface area contributed by atoms with Crippen molar-refractivity contribution in [2.24, 2.45) is 13.0 Å². The largest absolute Gasteiger partial charge is 0.356 e. The van der Waals surface area contributed by atoms with Crippen LogP contribution in [-0.2, 0) is 7.05 Å². The molecule has 1 aliphatic rings. The maximum atomic E-state index is 11.2. The molecule has 2 rings (SSSR count). The van der Waals surface area contributed by atoms with Gasteiger partial charge in [-0.15, -0.1) is 0 Å². The fourth-order valence-electron chi connectivity index (χ4n) is 3.02. The second-order valence-corrected chi connectivity index (χ2v) is 5.76. The van der Waals surface area contributed by atoms with Crippen LogP contribution in [0.4, 0.5) is 5.82 Å². The fourth-order valence-corrected chi connectivity index (χ4v) is 3.02. The second-order valence-electron chi connectivity index (χ2n) is 5.76. The zero-order valence-electron chi connectivity index (χ0n) is 12.4. The Balaban J connectivity index is 2.07. The molecule has 19 heavy (non-hydrogen) atoms. The van der Waals surface area contributed by atoms with Crippen LogP contribution in [0.3, 0.4) is 0 Å². The number of carbonyl (C=O) groups excluding carboxylic acids is 1. The van der Waals surface area contributed by atoms with Crippen molar-refractivity contribution in [3.05, 3.63) is 11.3 Å². The van der Waals surface area contributed by atoms with Crippen LogP contribution in [0, 0.1) is 12.8 Å². The van der Waals surface area contributed by atoms with Gasteiger partial charge in [-0.3, -0.25) is 9.48 Å². The highest BCUT2D eigenvalue weighted by molar-refractivity contribution is 5.84. The topological polar surface area (TPSA) is 41.4 Å². The van der Waals surface area contributed by atoms with Crippen LogP contribution in [0.1, 0.15) is 28.9 Å². The molecule has 1 aliphatic heterocycles. The van der Waals surface area contributed by atoms with Gasteiger partial charge in [0, 0.05) is 26.7 Å². The van der Waals surface area contributed by atoms with Crippen LogP contribution in [0.2, 0.25) is 0 Å². The monoisotopic (exact) mass is 264 g/mol. The Morgan fingerprint density at radius 2 is 2.00 bits per heavy atom. The molecule has 0 unspecified atom stereocenters. The minimum atomic E-state index is 0.744. The molecule has 1 aromatic rings. The van der Waals surface area contributed by atoms with Gasteiger partial charge in [0.2, 0.25) is 0 Å². The summed E-state index contributed by atoms with van der Waals surface area (Å²) < 4.78 is 1.84. The van der Waals surface area contributed by atoms with Gasteiger partial charge in [0.25, 0.3) is 0 Å². The van der Waals surface area contributed by atoms with Gasteiger partial charge in [-0.2, -0.15) is 5.10 Å². The van der Waals surface area contributed by atoms with E-state index in [2.05, 4.69) is 29.0 Å². The predicted octanol–water partition coefficient (Wildman–Crippen LogP) is 1.32. The predicted molar refractivity (Wildman–Crippen MR) is 76.8 cm³/mol. The molecule has 1 fully saturated rings. The SMILES string of the molecule is Cc1nn(C)c(N2CCC(CN(C)C)CC2)c1C=O. The van der Waals surface area contributed by atoms with Gasteiger partial charge in [0.05, 0.1) is 11.3 Å². The van der Waals surface area contributed by atoms with E-state index in [1.807, 2.05) is 18.7 Å². The van der Waals surface area contributed by atoms with Gasteiger partial charge in [0.1, 0.15) is 5.82 Å². The summed E-state index contributed by atoms with van der Waals surface area (Å²) in [6, 6.07) is 0. The summed E-state index contributed by atoms with van der Waals surface area (Å²) in [4.78, 5) is 15.8. The Morgan fingerprint density at radius 3 is 2.53 bits per heavy atom. The van der Waals surface area contributed by atoms with E-state index in [1.54, 1.807) is 0 Å². The van der Waals surface area contributed by atoms with Gasteiger partial charge in [0.15, 0.2) is 6.29 Å². The van der Waals surface area contributed by atoms with Gasteiger partial charge < -0.3 is 9.80 Å². The molecule has 5 heteroatoms. The highest BCUT2D eigenvalue weighted by Crippen LogP contribution is 2.27. The number of aryl methyl sites for hydroxylation is 2. The molecule has 2 heterocycles. The molecule has 1 saturated heterocycles. The van der Waals surface area contributed by atoms with Crippen LogP contribution in [-0.4, -0.2) is 54.7 Å². The quantitative estimate of drug-likeness (QED) is 0.769. The van der Waals surface area contributed by atoms with E-state index in [9.17, 15) is 4.79 Å². The number of nitrogens with zero attached hydrogens (tertiary/aromatic N) is 4. The van der Waals surface area contributed by atoms with E-state index in [0.717, 1.165) is 48.9 Å². The molecular formula is C14H24N4O. The molecule has 0 atom stereocenters. The molecule has 5 nitrogen and oxygen atoms in total. The van der Waals surface area contributed by atoms with Crippen LogP contribution < -0.4 is 4.90 Å². The third kappa shape index (κ3) is 2.97. The van der Waals surface area contributed by atoms with Crippen LogP contribution in [0.15, 0.2) is 0 Å². The minimum absolute atomic E-state index is 0.744. The molecule has 1 aromatic heterocycles. The van der Waals surface area contributed by atoms with Crippen LogP contribution in [0.25, 0.3) is 0 Å². The van der Waals surface area contributed by atoms with Crippen LogP contribution >= 0.6 is 0 Å². The Morgan fingerprint density at radius 1 is 1.37 bits per heavy atom. The van der Waals surface area contributed by atoms with E-state index in [4.69, 9.17) is 0 Å². The van der Waals surface area contributed by atoms with E-state index < -0.39 is 0 Å². The summed E-state index contributed by atoms with van der Waals surface area (Å²) >= 11 is 0. The first-order valence-electron chi connectivity index (χ1n) is 6.91. The van der Waals surface area contributed by atoms with Crippen molar-refractivity contribution in [3.63, 3.8) is 0 Å². The highest BCUT2D eigenvalue weighted by atomic mass is 16.1. The molecule has 0 spiro atoms. The Kier molecular flexibility index (Phi) is 4.24. The summed E-state index contributed by atoms with van der Waals surface area (Å²) in [7, 11) is 6.17. The molecular weight excluding hydrogens is 240 g/mol. The molecule has 0 aliphatic carbocycles. The average molecular weight is 264 g/mol. The maximum absolute atomic E-state index is 11.2. The summed E-state index contributed by atoms with van der Waals surface area (Å²) in [5, 5.41) is 4.36. The van der Waals surface area contributed by atoms with Gasteiger partial charge in [-0.1, -0.05) is 0 Å². The van der Waals surface area contributed by atoms with E-state index in [0.29, 0.717) is 0 Å². The summed E-state index contributed by atoms with van der Waals surface area (Å²) in [5.74, 6) is 1.75.